The summed E-state index contributed by atoms with van der Waals surface area (Å²) in [6.07, 6.45) is 0. The first-order valence-electron chi connectivity index (χ1n) is 9.75. The molecule has 160 valence electrons. The minimum atomic E-state index is -0.279. The summed E-state index contributed by atoms with van der Waals surface area (Å²) < 4.78 is 10.5. The van der Waals surface area contributed by atoms with Crippen molar-refractivity contribution in [1.82, 2.24) is 9.97 Å². The maximum absolute atomic E-state index is 12.5. The number of aromatic nitrogens is 2. The van der Waals surface area contributed by atoms with Crippen molar-refractivity contribution in [2.45, 2.75) is 13.5 Å². The van der Waals surface area contributed by atoms with E-state index < -0.39 is 0 Å². The zero-order valence-corrected chi connectivity index (χ0v) is 17.6. The van der Waals surface area contributed by atoms with E-state index in [9.17, 15) is 9.59 Å². The van der Waals surface area contributed by atoms with Gasteiger partial charge in [0.15, 0.2) is 23.9 Å². The van der Waals surface area contributed by atoms with Crippen LogP contribution in [-0.4, -0.2) is 43.2 Å². The highest BCUT2D eigenvalue weighted by atomic mass is 16.5. The molecule has 1 atom stereocenters. The lowest BCUT2D eigenvalue weighted by molar-refractivity contribution is -0.904. The van der Waals surface area contributed by atoms with E-state index in [0.717, 1.165) is 4.90 Å². The van der Waals surface area contributed by atoms with Crippen molar-refractivity contribution < 1.29 is 19.2 Å². The third-order valence-electron chi connectivity index (χ3n) is 4.89. The van der Waals surface area contributed by atoms with E-state index >= 15 is 0 Å². The number of rotatable bonds is 8. The molecule has 1 heterocycles. The van der Waals surface area contributed by atoms with Crippen LogP contribution in [0.2, 0.25) is 0 Å². The van der Waals surface area contributed by atoms with Gasteiger partial charge in [0.2, 0.25) is 0 Å². The van der Waals surface area contributed by atoms with E-state index in [2.05, 4.69) is 15.3 Å². The topological polar surface area (TPSA) is 122 Å². The van der Waals surface area contributed by atoms with Crippen LogP contribution in [0.25, 0.3) is 10.9 Å². The first kappa shape index (κ1) is 21.8. The molecule has 0 aliphatic rings. The third-order valence-corrected chi connectivity index (χ3v) is 4.89. The maximum atomic E-state index is 12.5. The molecular weight excluding hydrogens is 398 g/mol. The van der Waals surface area contributed by atoms with Gasteiger partial charge >= 0.3 is 0 Å². The number of benzene rings is 2. The van der Waals surface area contributed by atoms with Crippen LogP contribution in [0.5, 0.6) is 11.5 Å². The highest BCUT2D eigenvalue weighted by molar-refractivity contribution is 5.91. The van der Waals surface area contributed by atoms with Crippen molar-refractivity contribution in [2.75, 3.05) is 32.6 Å². The Morgan fingerprint density at radius 3 is 2.48 bits per heavy atom. The second-order valence-electron chi connectivity index (χ2n) is 6.93. The van der Waals surface area contributed by atoms with Gasteiger partial charge in [-0.3, -0.25) is 9.59 Å². The van der Waals surface area contributed by atoms with Gasteiger partial charge in [-0.25, -0.2) is 4.98 Å². The zero-order chi connectivity index (χ0) is 22.4. The molecule has 1 aromatic heterocycles. The van der Waals surface area contributed by atoms with E-state index in [1.807, 2.05) is 13.0 Å². The highest BCUT2D eigenvalue weighted by Gasteiger charge is 2.17. The third kappa shape index (κ3) is 5.18. The minimum Gasteiger partial charge on any atom is -0.493 e. The number of carbonyl (C=O) groups excluding carboxylic acids is 1. The summed E-state index contributed by atoms with van der Waals surface area (Å²) in [6.45, 7) is 3.19. The van der Waals surface area contributed by atoms with Crippen molar-refractivity contribution in [3.05, 3.63) is 58.1 Å². The lowest BCUT2D eigenvalue weighted by atomic mass is 10.2. The van der Waals surface area contributed by atoms with Crippen molar-refractivity contribution in [1.29, 1.82) is 5.26 Å². The fourth-order valence-electron chi connectivity index (χ4n) is 3.21. The Hall–Kier alpha value is -3.90. The van der Waals surface area contributed by atoms with Crippen LogP contribution < -0.4 is 25.2 Å². The van der Waals surface area contributed by atoms with Crippen LogP contribution in [0.3, 0.4) is 0 Å². The Labute approximate surface area is 179 Å². The molecule has 9 heteroatoms. The van der Waals surface area contributed by atoms with Crippen LogP contribution in [-0.2, 0) is 11.3 Å². The summed E-state index contributed by atoms with van der Waals surface area (Å²) >= 11 is 0. The molecule has 0 radical (unpaired) electrons. The molecule has 3 rings (SSSR count). The minimum absolute atomic E-state index is 0.170. The van der Waals surface area contributed by atoms with Gasteiger partial charge in [0.05, 0.1) is 43.3 Å². The van der Waals surface area contributed by atoms with Crippen molar-refractivity contribution >= 4 is 22.5 Å². The number of fused-ring (bicyclic) bond motifs is 1. The molecule has 0 spiro atoms. The molecule has 3 aromatic rings. The molecule has 0 bridgehead atoms. The predicted octanol–water partition coefficient (Wildman–Crippen LogP) is 0.855. The number of aromatic amines is 1. The molecule has 0 aliphatic carbocycles. The summed E-state index contributed by atoms with van der Waals surface area (Å²) in [6, 6.07) is 12.0. The molecule has 9 nitrogen and oxygen atoms in total. The van der Waals surface area contributed by atoms with Crippen LogP contribution in [0, 0.1) is 11.3 Å². The fraction of sp³-hybridized carbons (Fsp3) is 0.273. The smallest absolute Gasteiger partial charge is 0.279 e. The van der Waals surface area contributed by atoms with E-state index in [4.69, 9.17) is 14.7 Å². The number of amides is 1. The summed E-state index contributed by atoms with van der Waals surface area (Å²) in [4.78, 5) is 33.3. The van der Waals surface area contributed by atoms with Crippen molar-refractivity contribution in [3.8, 4) is 17.6 Å². The molecule has 3 N–H and O–H groups in total. The van der Waals surface area contributed by atoms with Crippen LogP contribution in [0.15, 0.2) is 41.2 Å². The Balaban J connectivity index is 1.75. The first-order chi connectivity index (χ1) is 15.0. The Bertz CT molecular complexity index is 1180. The average molecular weight is 422 g/mol. The van der Waals surface area contributed by atoms with E-state index in [0.29, 0.717) is 52.6 Å². The largest absolute Gasteiger partial charge is 0.493 e. The average Bonchev–Trinajstić information content (AvgIpc) is 2.78. The van der Waals surface area contributed by atoms with Gasteiger partial charge in [0.1, 0.15) is 6.54 Å². The number of carbonyl (C=O) groups is 1. The molecule has 0 saturated heterocycles. The number of methoxy groups -OCH3 is 2. The molecule has 2 aromatic carbocycles. The van der Waals surface area contributed by atoms with Gasteiger partial charge in [-0.1, -0.05) is 0 Å². The molecule has 1 unspecified atom stereocenters. The number of H-pyrrole nitrogens is 1. The highest BCUT2D eigenvalue weighted by Crippen LogP contribution is 2.29. The Kier molecular flexibility index (Phi) is 6.85. The Morgan fingerprint density at radius 1 is 1.19 bits per heavy atom. The summed E-state index contributed by atoms with van der Waals surface area (Å²) in [5, 5.41) is 12.1. The number of likely N-dealkylation sites (N-methyl/N-ethyl adjacent to an activating group) is 1. The predicted molar refractivity (Wildman–Crippen MR) is 115 cm³/mol. The van der Waals surface area contributed by atoms with Gasteiger partial charge in [-0.15, -0.1) is 0 Å². The second kappa shape index (κ2) is 9.73. The summed E-state index contributed by atoms with van der Waals surface area (Å²) in [7, 11) is 3.03. The number of nitrogens with one attached hydrogen (secondary N) is 3. The zero-order valence-electron chi connectivity index (χ0n) is 17.6. The van der Waals surface area contributed by atoms with Crippen LogP contribution >= 0.6 is 0 Å². The number of ether oxygens (including phenoxy) is 2. The summed E-state index contributed by atoms with van der Waals surface area (Å²) in [5.74, 6) is 1.25. The van der Waals surface area contributed by atoms with Gasteiger partial charge in [-0.2, -0.15) is 5.26 Å². The summed E-state index contributed by atoms with van der Waals surface area (Å²) in [5.41, 5.74) is 1.37. The first-order valence-corrected chi connectivity index (χ1v) is 9.75. The van der Waals surface area contributed by atoms with Crippen molar-refractivity contribution in [3.63, 3.8) is 0 Å². The van der Waals surface area contributed by atoms with Gasteiger partial charge in [0, 0.05) is 11.8 Å². The Morgan fingerprint density at radius 2 is 1.87 bits per heavy atom. The van der Waals surface area contributed by atoms with E-state index in [1.54, 1.807) is 36.4 Å². The number of nitrogens with zero attached hydrogens (tertiary/aromatic N) is 2. The van der Waals surface area contributed by atoms with Crippen molar-refractivity contribution in [2.24, 2.45) is 0 Å². The second-order valence-corrected chi connectivity index (χ2v) is 6.93. The lowest BCUT2D eigenvalue weighted by Gasteiger charge is -2.17. The molecule has 0 fully saturated rings. The molecular formula is C22H24N5O4+. The number of hydrogen-bond acceptors (Lipinski definition) is 6. The van der Waals surface area contributed by atoms with Gasteiger partial charge in [-0.05, 0) is 37.3 Å². The van der Waals surface area contributed by atoms with E-state index in [1.165, 1.54) is 14.2 Å². The molecule has 31 heavy (non-hydrogen) atoms. The normalized spacial score (nSPS) is 11.5. The number of anilines is 1. The quantitative estimate of drug-likeness (QED) is 0.495. The molecule has 0 saturated carbocycles. The molecule has 1 amide bonds. The van der Waals surface area contributed by atoms with E-state index in [-0.39, 0.29) is 18.0 Å². The number of quaternary nitrogens is 1. The van der Waals surface area contributed by atoms with Crippen LogP contribution in [0.1, 0.15) is 18.3 Å². The van der Waals surface area contributed by atoms with Gasteiger partial charge < -0.3 is 24.7 Å². The van der Waals surface area contributed by atoms with Gasteiger partial charge in [0.25, 0.3) is 11.5 Å². The number of nitriles is 1. The lowest BCUT2D eigenvalue weighted by Crippen LogP contribution is -3.11. The maximum Gasteiger partial charge on any atom is 0.279 e. The monoisotopic (exact) mass is 422 g/mol. The van der Waals surface area contributed by atoms with Crippen LogP contribution in [0.4, 0.5) is 5.69 Å². The standard InChI is InChI=1S/C22H23N5O4/c1-4-27(13-21(28)24-15-7-5-14(11-23)6-8-15)12-20-25-17-10-19(31-3)18(30-2)9-16(17)22(29)26-20/h5-10H,4,12-13H2,1-3H3,(H,24,28)(H,25,26,29)/p+1. The SMILES string of the molecule is CC[NH+](CC(=O)Nc1ccc(C#N)cc1)Cc1nc2cc(OC)c(OC)cc2c(=O)[nH]1. The molecule has 0 aliphatic heterocycles. The fourth-order valence-corrected chi connectivity index (χ4v) is 3.21. The number of hydrogen-bond donors (Lipinski definition) is 3.